The molecule has 0 radical (unpaired) electrons. The average Bonchev–Trinajstić information content (AvgIpc) is 2.74. The standard InChI is InChI=1S/C21H34INO6/c1-2-3-9-23-20-6-4-19(5-7-20)21(24)29-18-17-28-16-15-27-14-13-26-12-11-25-10-8-22/h4-7,23H,2-3,8-18H2,1H3. The Balaban J connectivity index is 1.93. The van der Waals surface area contributed by atoms with Crippen molar-refractivity contribution in [1.82, 2.24) is 0 Å². The molecule has 0 amide bonds. The number of carbonyl (C=O) groups is 1. The average molecular weight is 523 g/mol. The fraction of sp³-hybridized carbons (Fsp3) is 0.667. The summed E-state index contributed by atoms with van der Waals surface area (Å²) in [5.41, 5.74) is 1.54. The highest BCUT2D eigenvalue weighted by Gasteiger charge is 2.06. The molecule has 0 aliphatic heterocycles. The smallest absolute Gasteiger partial charge is 0.338 e. The minimum Gasteiger partial charge on any atom is -0.460 e. The number of ether oxygens (including phenoxy) is 5. The van der Waals surface area contributed by atoms with E-state index in [0.717, 1.165) is 36.1 Å². The first-order chi connectivity index (χ1) is 14.3. The molecule has 0 bridgehead atoms. The Morgan fingerprint density at radius 2 is 1.34 bits per heavy atom. The van der Waals surface area contributed by atoms with E-state index in [1.54, 1.807) is 12.1 Å². The highest BCUT2D eigenvalue weighted by atomic mass is 127. The molecule has 166 valence electrons. The lowest BCUT2D eigenvalue weighted by Crippen LogP contribution is -2.14. The van der Waals surface area contributed by atoms with Gasteiger partial charge in [0.05, 0.1) is 58.4 Å². The fourth-order valence-electron chi connectivity index (χ4n) is 2.23. The maximum atomic E-state index is 12.0. The Hall–Kier alpha value is -0.940. The third kappa shape index (κ3) is 14.6. The molecule has 0 unspecified atom stereocenters. The summed E-state index contributed by atoms with van der Waals surface area (Å²) in [6.07, 6.45) is 2.27. The third-order valence-electron chi connectivity index (χ3n) is 3.78. The van der Waals surface area contributed by atoms with Crippen LogP contribution in [0.1, 0.15) is 30.1 Å². The van der Waals surface area contributed by atoms with Crippen molar-refractivity contribution in [3.05, 3.63) is 29.8 Å². The van der Waals surface area contributed by atoms with Gasteiger partial charge in [0.15, 0.2) is 0 Å². The molecule has 0 saturated carbocycles. The van der Waals surface area contributed by atoms with Crippen LogP contribution in [0.2, 0.25) is 0 Å². The number of hydrogen-bond acceptors (Lipinski definition) is 7. The van der Waals surface area contributed by atoms with Gasteiger partial charge in [0.25, 0.3) is 0 Å². The number of rotatable bonds is 19. The molecular formula is C21H34INO6. The van der Waals surface area contributed by atoms with E-state index < -0.39 is 0 Å². The molecule has 0 atom stereocenters. The maximum Gasteiger partial charge on any atom is 0.338 e. The lowest BCUT2D eigenvalue weighted by atomic mass is 10.2. The largest absolute Gasteiger partial charge is 0.460 e. The van der Waals surface area contributed by atoms with Gasteiger partial charge in [-0.3, -0.25) is 0 Å². The summed E-state index contributed by atoms with van der Waals surface area (Å²) in [6.45, 7) is 7.60. The molecule has 0 saturated heterocycles. The van der Waals surface area contributed by atoms with Crippen LogP contribution in [0.3, 0.4) is 0 Å². The van der Waals surface area contributed by atoms with Gasteiger partial charge in [-0.05, 0) is 30.7 Å². The molecule has 0 aliphatic carbocycles. The van der Waals surface area contributed by atoms with E-state index in [2.05, 4.69) is 34.8 Å². The van der Waals surface area contributed by atoms with Gasteiger partial charge < -0.3 is 29.0 Å². The molecule has 0 aliphatic rings. The second-order valence-electron chi connectivity index (χ2n) is 6.13. The van der Waals surface area contributed by atoms with Crippen LogP contribution < -0.4 is 5.32 Å². The number of anilines is 1. The van der Waals surface area contributed by atoms with E-state index in [1.807, 2.05) is 12.1 Å². The Morgan fingerprint density at radius 1 is 0.828 bits per heavy atom. The summed E-state index contributed by atoms with van der Waals surface area (Å²) in [6, 6.07) is 7.31. The van der Waals surface area contributed by atoms with E-state index in [0.29, 0.717) is 51.8 Å². The second kappa shape index (κ2) is 19.0. The topological polar surface area (TPSA) is 75.3 Å². The molecule has 1 N–H and O–H groups in total. The Labute approximate surface area is 187 Å². The predicted octanol–water partition coefficient (Wildman–Crippen LogP) is 3.56. The number of nitrogens with one attached hydrogen (secondary N) is 1. The number of hydrogen-bond donors (Lipinski definition) is 1. The van der Waals surface area contributed by atoms with Crippen LogP contribution in [0.4, 0.5) is 5.69 Å². The van der Waals surface area contributed by atoms with Crippen molar-refractivity contribution >= 4 is 34.2 Å². The van der Waals surface area contributed by atoms with Crippen LogP contribution in [0.15, 0.2) is 24.3 Å². The van der Waals surface area contributed by atoms with Crippen molar-refractivity contribution in [2.75, 3.05) is 75.8 Å². The molecule has 8 heteroatoms. The van der Waals surface area contributed by atoms with Crippen LogP contribution >= 0.6 is 22.6 Å². The minimum absolute atomic E-state index is 0.218. The quantitative estimate of drug-likeness (QED) is 0.129. The molecule has 1 aromatic carbocycles. The van der Waals surface area contributed by atoms with E-state index in [1.165, 1.54) is 0 Å². The Bertz CT molecular complexity index is 514. The lowest BCUT2D eigenvalue weighted by Gasteiger charge is -2.09. The van der Waals surface area contributed by atoms with Gasteiger partial charge in [-0.15, -0.1) is 0 Å². The number of esters is 1. The summed E-state index contributed by atoms with van der Waals surface area (Å²) >= 11 is 2.27. The number of unbranched alkanes of at least 4 members (excludes halogenated alkanes) is 1. The zero-order valence-electron chi connectivity index (χ0n) is 17.3. The molecule has 0 fully saturated rings. The fourth-order valence-corrected chi connectivity index (χ4v) is 2.54. The Morgan fingerprint density at radius 3 is 1.86 bits per heavy atom. The summed E-state index contributed by atoms with van der Waals surface area (Å²) < 4.78 is 27.7. The number of carbonyl (C=O) groups excluding carboxylic acids is 1. The highest BCUT2D eigenvalue weighted by Crippen LogP contribution is 2.10. The molecule has 1 rings (SSSR count). The van der Waals surface area contributed by atoms with Crippen LogP contribution in [-0.2, 0) is 23.7 Å². The monoisotopic (exact) mass is 523 g/mol. The first-order valence-electron chi connectivity index (χ1n) is 10.2. The molecular weight excluding hydrogens is 489 g/mol. The molecule has 0 heterocycles. The third-order valence-corrected chi connectivity index (χ3v) is 4.22. The van der Waals surface area contributed by atoms with Crippen molar-refractivity contribution in [2.24, 2.45) is 0 Å². The predicted molar refractivity (Wildman–Crippen MR) is 122 cm³/mol. The van der Waals surface area contributed by atoms with Crippen LogP contribution in [-0.4, -0.2) is 76.4 Å². The van der Waals surface area contributed by atoms with Crippen molar-refractivity contribution < 1.29 is 28.5 Å². The zero-order chi connectivity index (χ0) is 21.0. The molecule has 0 aromatic heterocycles. The van der Waals surface area contributed by atoms with Gasteiger partial charge in [0.1, 0.15) is 6.61 Å². The van der Waals surface area contributed by atoms with Crippen LogP contribution in [0.25, 0.3) is 0 Å². The van der Waals surface area contributed by atoms with Crippen molar-refractivity contribution in [3.8, 4) is 0 Å². The molecule has 7 nitrogen and oxygen atoms in total. The Kier molecular flexibility index (Phi) is 17.1. The van der Waals surface area contributed by atoms with E-state index >= 15 is 0 Å². The molecule has 0 spiro atoms. The van der Waals surface area contributed by atoms with Crippen molar-refractivity contribution in [3.63, 3.8) is 0 Å². The molecule has 1 aromatic rings. The van der Waals surface area contributed by atoms with E-state index in [-0.39, 0.29) is 12.6 Å². The highest BCUT2D eigenvalue weighted by molar-refractivity contribution is 14.1. The van der Waals surface area contributed by atoms with Gasteiger partial charge >= 0.3 is 5.97 Å². The van der Waals surface area contributed by atoms with Gasteiger partial charge in [-0.25, -0.2) is 4.79 Å². The second-order valence-corrected chi connectivity index (χ2v) is 7.21. The van der Waals surface area contributed by atoms with Gasteiger partial charge in [-0.1, -0.05) is 35.9 Å². The first-order valence-corrected chi connectivity index (χ1v) is 11.7. The SMILES string of the molecule is CCCCNc1ccc(C(=O)OCCOCCOCCOCCOCCI)cc1. The normalized spacial score (nSPS) is 10.8. The van der Waals surface area contributed by atoms with Gasteiger partial charge in [0.2, 0.25) is 0 Å². The lowest BCUT2D eigenvalue weighted by molar-refractivity contribution is -0.00781. The van der Waals surface area contributed by atoms with Crippen molar-refractivity contribution in [1.29, 1.82) is 0 Å². The van der Waals surface area contributed by atoms with E-state index in [4.69, 9.17) is 23.7 Å². The van der Waals surface area contributed by atoms with E-state index in [9.17, 15) is 4.79 Å². The number of halogens is 1. The summed E-state index contributed by atoms with van der Waals surface area (Å²) in [5, 5.41) is 3.31. The summed E-state index contributed by atoms with van der Waals surface area (Å²) in [7, 11) is 0. The zero-order valence-corrected chi connectivity index (χ0v) is 19.5. The molecule has 29 heavy (non-hydrogen) atoms. The number of alkyl halides is 1. The van der Waals surface area contributed by atoms with Gasteiger partial charge in [0, 0.05) is 16.7 Å². The van der Waals surface area contributed by atoms with Crippen LogP contribution in [0.5, 0.6) is 0 Å². The van der Waals surface area contributed by atoms with Crippen LogP contribution in [0, 0.1) is 0 Å². The van der Waals surface area contributed by atoms with Crippen molar-refractivity contribution in [2.45, 2.75) is 19.8 Å². The summed E-state index contributed by atoms with van der Waals surface area (Å²) in [5.74, 6) is -0.343. The maximum absolute atomic E-state index is 12.0. The minimum atomic E-state index is -0.343. The first kappa shape index (κ1) is 26.1. The van der Waals surface area contributed by atoms with Gasteiger partial charge in [-0.2, -0.15) is 0 Å². The number of benzene rings is 1. The summed E-state index contributed by atoms with van der Waals surface area (Å²) in [4.78, 5) is 12.0.